The van der Waals surface area contributed by atoms with Crippen LogP contribution in [0.25, 0.3) is 10.9 Å². The van der Waals surface area contributed by atoms with E-state index in [4.69, 9.17) is 0 Å². The van der Waals surface area contributed by atoms with Gasteiger partial charge in [0.05, 0.1) is 5.52 Å². The predicted molar refractivity (Wildman–Crippen MR) is 114 cm³/mol. The SMILES string of the molecule is CN=C(NCc1ccnc2ccccc12)NC(C)CCC(C)C.I. The van der Waals surface area contributed by atoms with E-state index in [-0.39, 0.29) is 24.0 Å². The van der Waals surface area contributed by atoms with E-state index < -0.39 is 0 Å². The quantitative estimate of drug-likeness (QED) is 0.399. The van der Waals surface area contributed by atoms with Gasteiger partial charge in [-0.1, -0.05) is 32.0 Å². The number of pyridine rings is 1. The number of hydrogen-bond acceptors (Lipinski definition) is 2. The lowest BCUT2D eigenvalue weighted by atomic mass is 10.0. The third-order valence-electron chi connectivity index (χ3n) is 3.97. The lowest BCUT2D eigenvalue weighted by Crippen LogP contribution is -2.41. The van der Waals surface area contributed by atoms with Crippen molar-refractivity contribution in [3.05, 3.63) is 42.1 Å². The Morgan fingerprint density at radius 2 is 1.88 bits per heavy atom. The number of halogens is 1. The molecule has 1 unspecified atom stereocenters. The fourth-order valence-electron chi connectivity index (χ4n) is 2.57. The fraction of sp³-hybridized carbons (Fsp3) is 0.474. The Kier molecular flexibility index (Phi) is 9.03. The molecule has 2 rings (SSSR count). The Morgan fingerprint density at radius 1 is 1.12 bits per heavy atom. The van der Waals surface area contributed by atoms with E-state index >= 15 is 0 Å². The summed E-state index contributed by atoms with van der Waals surface area (Å²) in [7, 11) is 1.81. The summed E-state index contributed by atoms with van der Waals surface area (Å²) in [6.07, 6.45) is 4.23. The van der Waals surface area contributed by atoms with Gasteiger partial charge in [-0.15, -0.1) is 24.0 Å². The van der Waals surface area contributed by atoms with Crippen LogP contribution in [0.5, 0.6) is 0 Å². The molecule has 5 heteroatoms. The second-order valence-corrected chi connectivity index (χ2v) is 6.43. The van der Waals surface area contributed by atoms with Gasteiger partial charge in [0.2, 0.25) is 0 Å². The highest BCUT2D eigenvalue weighted by atomic mass is 127. The summed E-state index contributed by atoms with van der Waals surface area (Å²) < 4.78 is 0. The fourth-order valence-corrected chi connectivity index (χ4v) is 2.57. The van der Waals surface area contributed by atoms with Crippen molar-refractivity contribution in [2.24, 2.45) is 10.9 Å². The van der Waals surface area contributed by atoms with Crippen molar-refractivity contribution in [1.29, 1.82) is 0 Å². The van der Waals surface area contributed by atoms with E-state index in [0.717, 1.165) is 30.4 Å². The lowest BCUT2D eigenvalue weighted by molar-refractivity contribution is 0.489. The summed E-state index contributed by atoms with van der Waals surface area (Å²) in [5.74, 6) is 1.58. The van der Waals surface area contributed by atoms with Crippen LogP contribution in [0.2, 0.25) is 0 Å². The molecule has 0 aliphatic rings. The largest absolute Gasteiger partial charge is 0.354 e. The molecule has 0 radical (unpaired) electrons. The molecule has 2 aromatic rings. The molecule has 0 aliphatic carbocycles. The average Bonchev–Trinajstić information content (AvgIpc) is 2.56. The number of nitrogens with zero attached hydrogens (tertiary/aromatic N) is 2. The van der Waals surface area contributed by atoms with Crippen molar-refractivity contribution >= 4 is 40.8 Å². The van der Waals surface area contributed by atoms with Gasteiger partial charge in [0.25, 0.3) is 0 Å². The van der Waals surface area contributed by atoms with Crippen LogP contribution in [0, 0.1) is 5.92 Å². The number of para-hydroxylation sites is 1. The second-order valence-electron chi connectivity index (χ2n) is 6.43. The van der Waals surface area contributed by atoms with Crippen LogP contribution in [-0.4, -0.2) is 24.0 Å². The molecule has 0 saturated carbocycles. The number of benzene rings is 1. The molecule has 4 nitrogen and oxygen atoms in total. The second kappa shape index (κ2) is 10.5. The third-order valence-corrected chi connectivity index (χ3v) is 3.97. The van der Waals surface area contributed by atoms with Crippen LogP contribution in [0.3, 0.4) is 0 Å². The van der Waals surface area contributed by atoms with Gasteiger partial charge in [0.1, 0.15) is 0 Å². The number of hydrogen-bond donors (Lipinski definition) is 2. The zero-order valence-corrected chi connectivity index (χ0v) is 17.4. The molecule has 0 saturated heterocycles. The molecule has 2 N–H and O–H groups in total. The van der Waals surface area contributed by atoms with Crippen molar-refractivity contribution in [1.82, 2.24) is 15.6 Å². The molecule has 132 valence electrons. The lowest BCUT2D eigenvalue weighted by Gasteiger charge is -2.19. The van der Waals surface area contributed by atoms with Crippen molar-refractivity contribution < 1.29 is 0 Å². The Labute approximate surface area is 162 Å². The van der Waals surface area contributed by atoms with E-state index in [1.807, 2.05) is 25.4 Å². The third kappa shape index (κ3) is 6.26. The molecule has 1 aromatic heterocycles. The molecule has 1 aromatic carbocycles. The Hall–Kier alpha value is -1.37. The first-order valence-corrected chi connectivity index (χ1v) is 8.40. The molecule has 0 amide bonds. The minimum atomic E-state index is 0. The molecule has 0 fully saturated rings. The number of rotatable bonds is 6. The van der Waals surface area contributed by atoms with Gasteiger partial charge in [-0.3, -0.25) is 9.98 Å². The molecule has 0 aliphatic heterocycles. The number of aromatic nitrogens is 1. The van der Waals surface area contributed by atoms with Crippen molar-refractivity contribution in [3.8, 4) is 0 Å². The first-order chi connectivity index (χ1) is 11.1. The first-order valence-electron chi connectivity index (χ1n) is 8.40. The number of guanidine groups is 1. The summed E-state index contributed by atoms with van der Waals surface area (Å²) in [5, 5.41) is 8.06. The molecular formula is C19H29IN4. The van der Waals surface area contributed by atoms with E-state index in [0.29, 0.717) is 6.04 Å². The van der Waals surface area contributed by atoms with Gasteiger partial charge >= 0.3 is 0 Å². The van der Waals surface area contributed by atoms with Crippen molar-refractivity contribution in [2.75, 3.05) is 7.05 Å². The molecular weight excluding hydrogens is 411 g/mol. The van der Waals surface area contributed by atoms with Crippen LogP contribution >= 0.6 is 24.0 Å². The van der Waals surface area contributed by atoms with Gasteiger partial charge in [0, 0.05) is 31.2 Å². The zero-order chi connectivity index (χ0) is 16.7. The average molecular weight is 440 g/mol. The van der Waals surface area contributed by atoms with Gasteiger partial charge in [-0.25, -0.2) is 0 Å². The summed E-state index contributed by atoms with van der Waals surface area (Å²) in [6, 6.07) is 10.7. The Bertz CT molecular complexity index is 649. The van der Waals surface area contributed by atoms with E-state index in [1.165, 1.54) is 17.4 Å². The van der Waals surface area contributed by atoms with E-state index in [2.05, 4.69) is 59.6 Å². The summed E-state index contributed by atoms with van der Waals surface area (Å²) in [6.45, 7) is 7.46. The highest BCUT2D eigenvalue weighted by Crippen LogP contribution is 2.15. The minimum Gasteiger partial charge on any atom is -0.354 e. The van der Waals surface area contributed by atoms with Gasteiger partial charge in [-0.2, -0.15) is 0 Å². The van der Waals surface area contributed by atoms with Crippen LogP contribution < -0.4 is 10.6 Å². The summed E-state index contributed by atoms with van der Waals surface area (Å²) in [4.78, 5) is 8.73. The van der Waals surface area contributed by atoms with Gasteiger partial charge < -0.3 is 10.6 Å². The van der Waals surface area contributed by atoms with Crippen molar-refractivity contribution in [2.45, 2.75) is 46.2 Å². The smallest absolute Gasteiger partial charge is 0.191 e. The van der Waals surface area contributed by atoms with Gasteiger partial charge in [0.15, 0.2) is 5.96 Å². The normalized spacial score (nSPS) is 12.8. The van der Waals surface area contributed by atoms with E-state index in [1.54, 1.807) is 0 Å². The topological polar surface area (TPSA) is 49.3 Å². The van der Waals surface area contributed by atoms with Crippen molar-refractivity contribution in [3.63, 3.8) is 0 Å². The molecule has 1 heterocycles. The number of aliphatic imine (C=N–C) groups is 1. The summed E-state index contributed by atoms with van der Waals surface area (Å²) in [5.41, 5.74) is 2.26. The molecule has 0 spiro atoms. The van der Waals surface area contributed by atoms with Gasteiger partial charge in [-0.05, 0) is 43.4 Å². The molecule has 0 bridgehead atoms. The Balaban J connectivity index is 0.00000288. The molecule has 24 heavy (non-hydrogen) atoms. The Morgan fingerprint density at radius 3 is 2.58 bits per heavy atom. The predicted octanol–water partition coefficient (Wildman–Crippen LogP) is 4.34. The van der Waals surface area contributed by atoms with Crippen LogP contribution in [-0.2, 0) is 6.54 Å². The van der Waals surface area contributed by atoms with Crippen LogP contribution in [0.15, 0.2) is 41.5 Å². The minimum absolute atomic E-state index is 0. The maximum atomic E-state index is 4.40. The first kappa shape index (κ1) is 20.7. The highest BCUT2D eigenvalue weighted by molar-refractivity contribution is 14.0. The maximum absolute atomic E-state index is 4.40. The zero-order valence-electron chi connectivity index (χ0n) is 15.0. The van der Waals surface area contributed by atoms with E-state index in [9.17, 15) is 0 Å². The summed E-state index contributed by atoms with van der Waals surface area (Å²) >= 11 is 0. The highest BCUT2D eigenvalue weighted by Gasteiger charge is 2.07. The number of fused-ring (bicyclic) bond motifs is 1. The monoisotopic (exact) mass is 440 g/mol. The van der Waals surface area contributed by atoms with Crippen LogP contribution in [0.1, 0.15) is 39.2 Å². The van der Waals surface area contributed by atoms with Crippen LogP contribution in [0.4, 0.5) is 0 Å². The standard InChI is InChI=1S/C19H28N4.HI/c1-14(2)9-10-15(3)23-19(20-4)22-13-16-11-12-21-18-8-6-5-7-17(16)18;/h5-8,11-12,14-15H,9-10,13H2,1-4H3,(H2,20,22,23);1H. The number of nitrogens with one attached hydrogen (secondary N) is 2. The maximum Gasteiger partial charge on any atom is 0.191 e. The molecule has 1 atom stereocenters.